The first kappa shape index (κ1) is 12.1. The zero-order valence-corrected chi connectivity index (χ0v) is 10.6. The predicted octanol–water partition coefficient (Wildman–Crippen LogP) is 2.42. The van der Waals surface area contributed by atoms with Gasteiger partial charge in [-0.15, -0.1) is 6.58 Å². The molecule has 0 aliphatic heterocycles. The molecule has 0 heterocycles. The largest absolute Gasteiger partial charge is 0.316 e. The maximum atomic E-state index is 3.89. The number of rotatable bonds is 8. The van der Waals surface area contributed by atoms with E-state index >= 15 is 0 Å². The quantitative estimate of drug-likeness (QED) is 0.501. The third-order valence-corrected chi connectivity index (χ3v) is 3.99. The van der Waals surface area contributed by atoms with Crippen molar-refractivity contribution in [3.63, 3.8) is 0 Å². The molecule has 1 N–H and O–H groups in total. The van der Waals surface area contributed by atoms with E-state index < -0.39 is 0 Å². The van der Waals surface area contributed by atoms with Gasteiger partial charge < -0.3 is 5.32 Å². The van der Waals surface area contributed by atoms with E-state index in [1.807, 2.05) is 0 Å². The molecule has 2 unspecified atom stereocenters. The van der Waals surface area contributed by atoms with E-state index in [4.69, 9.17) is 0 Å². The number of hydrogen-bond donors (Lipinski definition) is 1. The van der Waals surface area contributed by atoms with Crippen LogP contribution in [0, 0.1) is 5.92 Å². The lowest BCUT2D eigenvalue weighted by molar-refractivity contribution is 0.0650. The van der Waals surface area contributed by atoms with Crippen molar-refractivity contribution in [1.82, 2.24) is 10.2 Å². The monoisotopic (exact) mass is 222 g/mol. The van der Waals surface area contributed by atoms with Crippen LogP contribution in [0.15, 0.2) is 12.7 Å². The molecule has 2 aliphatic rings. The second kappa shape index (κ2) is 5.83. The molecule has 2 aliphatic carbocycles. The fourth-order valence-corrected chi connectivity index (χ4v) is 2.80. The zero-order valence-electron chi connectivity index (χ0n) is 10.6. The molecule has 0 spiro atoms. The lowest BCUT2D eigenvalue weighted by Crippen LogP contribution is -2.51. The van der Waals surface area contributed by atoms with E-state index in [-0.39, 0.29) is 0 Å². The van der Waals surface area contributed by atoms with Gasteiger partial charge in [0, 0.05) is 18.6 Å². The molecule has 16 heavy (non-hydrogen) atoms. The zero-order chi connectivity index (χ0) is 11.4. The highest BCUT2D eigenvalue weighted by Gasteiger charge is 2.40. The van der Waals surface area contributed by atoms with Crippen LogP contribution in [0.25, 0.3) is 0 Å². The Bertz CT molecular complexity index is 223. The molecule has 2 heteroatoms. The highest BCUT2D eigenvalue weighted by molar-refractivity contribution is 4.98. The first-order valence-electron chi connectivity index (χ1n) is 6.94. The maximum Gasteiger partial charge on any atom is 0.0166 e. The molecular formula is C14H26N2. The minimum Gasteiger partial charge on any atom is -0.316 e. The highest BCUT2D eigenvalue weighted by Crippen LogP contribution is 2.38. The number of nitrogens with zero attached hydrogens (tertiary/aromatic N) is 1. The molecule has 92 valence electrons. The van der Waals surface area contributed by atoms with Crippen molar-refractivity contribution in [2.75, 3.05) is 19.6 Å². The van der Waals surface area contributed by atoms with Crippen LogP contribution in [-0.4, -0.2) is 36.6 Å². The summed E-state index contributed by atoms with van der Waals surface area (Å²) in [7, 11) is 0. The van der Waals surface area contributed by atoms with Gasteiger partial charge in [0.25, 0.3) is 0 Å². The van der Waals surface area contributed by atoms with Gasteiger partial charge in [-0.05, 0) is 51.1 Å². The normalized spacial score (nSPS) is 29.1. The Morgan fingerprint density at radius 1 is 1.31 bits per heavy atom. The van der Waals surface area contributed by atoms with Gasteiger partial charge in [-0.3, -0.25) is 4.90 Å². The summed E-state index contributed by atoms with van der Waals surface area (Å²) in [6, 6.07) is 1.73. The summed E-state index contributed by atoms with van der Waals surface area (Å²) in [5.41, 5.74) is 0. The highest BCUT2D eigenvalue weighted by atomic mass is 15.2. The SMILES string of the molecule is C=CCN(C1CC1)C1CCC1CNCCC. The van der Waals surface area contributed by atoms with Crippen LogP contribution in [0.1, 0.15) is 39.0 Å². The average molecular weight is 222 g/mol. The van der Waals surface area contributed by atoms with Crippen molar-refractivity contribution < 1.29 is 0 Å². The minimum absolute atomic E-state index is 0.842. The second-order valence-electron chi connectivity index (χ2n) is 5.33. The molecule has 2 nitrogen and oxygen atoms in total. The van der Waals surface area contributed by atoms with Crippen molar-refractivity contribution in [3.05, 3.63) is 12.7 Å². The Balaban J connectivity index is 1.76. The van der Waals surface area contributed by atoms with E-state index in [1.165, 1.54) is 45.2 Å². The third kappa shape index (κ3) is 2.86. The van der Waals surface area contributed by atoms with Gasteiger partial charge in [0.1, 0.15) is 0 Å². The van der Waals surface area contributed by atoms with E-state index in [0.717, 1.165) is 24.5 Å². The molecule has 2 fully saturated rings. The van der Waals surface area contributed by atoms with Gasteiger partial charge in [0.2, 0.25) is 0 Å². The van der Waals surface area contributed by atoms with Gasteiger partial charge in [-0.25, -0.2) is 0 Å². The number of hydrogen-bond acceptors (Lipinski definition) is 2. The fraction of sp³-hybridized carbons (Fsp3) is 0.857. The van der Waals surface area contributed by atoms with Crippen molar-refractivity contribution in [2.24, 2.45) is 5.92 Å². The standard InChI is InChI=1S/C14H26N2/c1-3-9-15-11-12-5-8-14(12)16(10-4-2)13-6-7-13/h4,12-15H,2-3,5-11H2,1H3. The average Bonchev–Trinajstić information content (AvgIpc) is 3.06. The van der Waals surface area contributed by atoms with Crippen LogP contribution in [0.5, 0.6) is 0 Å². The van der Waals surface area contributed by atoms with Gasteiger partial charge in [0.05, 0.1) is 0 Å². The van der Waals surface area contributed by atoms with Gasteiger partial charge in [-0.1, -0.05) is 13.0 Å². The van der Waals surface area contributed by atoms with Crippen LogP contribution >= 0.6 is 0 Å². The first-order valence-corrected chi connectivity index (χ1v) is 6.94. The smallest absolute Gasteiger partial charge is 0.0166 e. The van der Waals surface area contributed by atoms with Crippen molar-refractivity contribution >= 4 is 0 Å². The van der Waals surface area contributed by atoms with Gasteiger partial charge in [0.15, 0.2) is 0 Å². The van der Waals surface area contributed by atoms with Crippen LogP contribution in [0.4, 0.5) is 0 Å². The molecule has 0 aromatic carbocycles. The summed E-state index contributed by atoms with van der Waals surface area (Å²) >= 11 is 0. The molecule has 2 saturated carbocycles. The van der Waals surface area contributed by atoms with Crippen molar-refractivity contribution in [2.45, 2.75) is 51.1 Å². The van der Waals surface area contributed by atoms with Crippen molar-refractivity contribution in [3.8, 4) is 0 Å². The molecule has 2 rings (SSSR count). The summed E-state index contributed by atoms with van der Waals surface area (Å²) in [5.74, 6) is 0.895. The van der Waals surface area contributed by atoms with Crippen LogP contribution in [-0.2, 0) is 0 Å². The Hall–Kier alpha value is -0.340. The second-order valence-corrected chi connectivity index (χ2v) is 5.33. The van der Waals surface area contributed by atoms with Crippen LogP contribution in [0.3, 0.4) is 0 Å². The molecule has 0 aromatic rings. The van der Waals surface area contributed by atoms with Gasteiger partial charge >= 0.3 is 0 Å². The minimum atomic E-state index is 0.842. The van der Waals surface area contributed by atoms with Crippen LogP contribution in [0.2, 0.25) is 0 Å². The third-order valence-electron chi connectivity index (χ3n) is 3.99. The van der Waals surface area contributed by atoms with Crippen molar-refractivity contribution in [1.29, 1.82) is 0 Å². The summed E-state index contributed by atoms with van der Waals surface area (Å²) in [6.07, 6.45) is 8.98. The number of nitrogens with one attached hydrogen (secondary N) is 1. The van der Waals surface area contributed by atoms with E-state index in [2.05, 4.69) is 29.8 Å². The molecule has 0 aromatic heterocycles. The topological polar surface area (TPSA) is 15.3 Å². The van der Waals surface area contributed by atoms with E-state index in [1.54, 1.807) is 0 Å². The summed E-state index contributed by atoms with van der Waals surface area (Å²) in [4.78, 5) is 2.70. The molecule has 0 radical (unpaired) electrons. The molecule has 0 bridgehead atoms. The Morgan fingerprint density at radius 3 is 2.62 bits per heavy atom. The summed E-state index contributed by atoms with van der Waals surface area (Å²) < 4.78 is 0. The Labute approximate surface area is 100 Å². The van der Waals surface area contributed by atoms with Gasteiger partial charge in [-0.2, -0.15) is 0 Å². The van der Waals surface area contributed by atoms with E-state index in [0.29, 0.717) is 0 Å². The van der Waals surface area contributed by atoms with Crippen LogP contribution < -0.4 is 5.32 Å². The Kier molecular flexibility index (Phi) is 4.42. The molecule has 0 amide bonds. The maximum absolute atomic E-state index is 3.89. The molecular weight excluding hydrogens is 196 g/mol. The summed E-state index contributed by atoms with van der Waals surface area (Å²) in [5, 5.41) is 3.57. The lowest BCUT2D eigenvalue weighted by Gasteiger charge is -2.44. The summed E-state index contributed by atoms with van der Waals surface area (Å²) in [6.45, 7) is 9.62. The van der Waals surface area contributed by atoms with E-state index in [9.17, 15) is 0 Å². The lowest BCUT2D eigenvalue weighted by atomic mass is 9.78. The predicted molar refractivity (Wildman–Crippen MR) is 69.6 cm³/mol. The fourth-order valence-electron chi connectivity index (χ4n) is 2.80. The molecule has 2 atom stereocenters. The Morgan fingerprint density at radius 2 is 2.12 bits per heavy atom. The molecule has 0 saturated heterocycles. The first-order chi connectivity index (χ1) is 7.86.